The largest absolute Gasteiger partial charge is 0.402 e. The molecule has 0 heterocycles. The molecule has 0 aromatic heterocycles. The van der Waals surface area contributed by atoms with E-state index in [9.17, 15) is 4.39 Å². The van der Waals surface area contributed by atoms with Gasteiger partial charge in [-0.1, -0.05) is 13.8 Å². The molecule has 0 fully saturated rings. The number of allylic oxidation sites excluding steroid dienone is 3. The molecule has 3 nitrogen and oxygen atoms in total. The summed E-state index contributed by atoms with van der Waals surface area (Å²) in [6, 6.07) is 3.08. The number of hydrogen-bond donors (Lipinski definition) is 3. The van der Waals surface area contributed by atoms with Crippen LogP contribution in [-0.2, 0) is 6.54 Å². The van der Waals surface area contributed by atoms with E-state index in [1.807, 2.05) is 27.7 Å². The summed E-state index contributed by atoms with van der Waals surface area (Å²) < 4.78 is 13.3. The lowest BCUT2D eigenvalue weighted by molar-refractivity contribution is 0.623. The van der Waals surface area contributed by atoms with E-state index in [2.05, 4.69) is 19.2 Å². The minimum Gasteiger partial charge on any atom is -0.402 e. The van der Waals surface area contributed by atoms with Gasteiger partial charge in [0, 0.05) is 12.2 Å². The Labute approximate surface area is 133 Å². The molecule has 0 bridgehead atoms. The van der Waals surface area contributed by atoms with Crippen LogP contribution in [0.15, 0.2) is 34.8 Å². The molecule has 0 saturated carbocycles. The second-order valence-electron chi connectivity index (χ2n) is 6.15. The summed E-state index contributed by atoms with van der Waals surface area (Å²) in [6.07, 6.45) is 0. The van der Waals surface area contributed by atoms with Crippen molar-refractivity contribution in [3.63, 3.8) is 0 Å². The highest BCUT2D eigenvalue weighted by molar-refractivity contribution is 5.37. The first kappa shape index (κ1) is 18.1. The van der Waals surface area contributed by atoms with E-state index < -0.39 is 0 Å². The average molecular weight is 305 g/mol. The number of benzene rings is 1. The maximum atomic E-state index is 13.3. The normalized spacial score (nSPS) is 13.8. The molecule has 0 aliphatic rings. The van der Waals surface area contributed by atoms with Crippen LogP contribution in [-0.4, -0.2) is 0 Å². The van der Waals surface area contributed by atoms with E-state index in [1.54, 1.807) is 12.1 Å². The number of nitrogens with two attached hydrogens (primary N) is 2. The highest BCUT2D eigenvalue weighted by Gasteiger charge is 2.09. The van der Waals surface area contributed by atoms with Crippen LogP contribution in [0.25, 0.3) is 0 Å². The Morgan fingerprint density at radius 2 is 1.59 bits per heavy atom. The van der Waals surface area contributed by atoms with Gasteiger partial charge < -0.3 is 16.8 Å². The minimum absolute atomic E-state index is 0.207. The Bertz CT molecular complexity index is 590. The molecule has 1 aromatic rings. The van der Waals surface area contributed by atoms with E-state index in [1.165, 1.54) is 0 Å². The molecular formula is C18H28FN3. The first-order chi connectivity index (χ1) is 10.1. The van der Waals surface area contributed by atoms with Gasteiger partial charge in [0.1, 0.15) is 5.82 Å². The Balaban J connectivity index is 2.97. The van der Waals surface area contributed by atoms with Crippen molar-refractivity contribution < 1.29 is 4.39 Å². The van der Waals surface area contributed by atoms with Crippen LogP contribution in [0.1, 0.15) is 44.4 Å². The van der Waals surface area contributed by atoms with Gasteiger partial charge in [-0.25, -0.2) is 4.39 Å². The summed E-state index contributed by atoms with van der Waals surface area (Å²) in [5.41, 5.74) is 17.9. The molecule has 0 saturated heterocycles. The van der Waals surface area contributed by atoms with Gasteiger partial charge in [-0.3, -0.25) is 0 Å². The number of aryl methyl sites for hydroxylation is 2. The minimum atomic E-state index is -0.207. The zero-order valence-corrected chi connectivity index (χ0v) is 14.5. The van der Waals surface area contributed by atoms with Crippen LogP contribution in [0, 0.1) is 25.6 Å². The van der Waals surface area contributed by atoms with Gasteiger partial charge in [-0.2, -0.15) is 0 Å². The lowest BCUT2D eigenvalue weighted by atomic mass is 10.00. The van der Waals surface area contributed by atoms with E-state index in [4.69, 9.17) is 11.5 Å². The molecule has 1 aromatic carbocycles. The maximum absolute atomic E-state index is 13.3. The Morgan fingerprint density at radius 1 is 1.09 bits per heavy atom. The molecule has 0 unspecified atom stereocenters. The summed E-state index contributed by atoms with van der Waals surface area (Å²) >= 11 is 0. The predicted molar refractivity (Wildman–Crippen MR) is 91.3 cm³/mol. The van der Waals surface area contributed by atoms with Crippen molar-refractivity contribution in [3.8, 4) is 0 Å². The lowest BCUT2D eigenvalue weighted by Crippen LogP contribution is -2.23. The van der Waals surface area contributed by atoms with Gasteiger partial charge in [0.2, 0.25) is 0 Å². The quantitative estimate of drug-likeness (QED) is 0.728. The van der Waals surface area contributed by atoms with Crippen LogP contribution in [0.3, 0.4) is 0 Å². The van der Waals surface area contributed by atoms with Gasteiger partial charge in [0.15, 0.2) is 0 Å². The number of hydrogen-bond acceptors (Lipinski definition) is 3. The van der Waals surface area contributed by atoms with Gasteiger partial charge in [0.25, 0.3) is 0 Å². The van der Waals surface area contributed by atoms with Crippen molar-refractivity contribution in [1.82, 2.24) is 5.32 Å². The predicted octanol–water partition coefficient (Wildman–Crippen LogP) is 3.61. The summed E-state index contributed by atoms with van der Waals surface area (Å²) in [7, 11) is 0. The summed E-state index contributed by atoms with van der Waals surface area (Å²) in [5, 5.41) is 3.22. The van der Waals surface area contributed by atoms with Gasteiger partial charge >= 0.3 is 0 Å². The summed E-state index contributed by atoms with van der Waals surface area (Å²) in [6.45, 7) is 12.4. The summed E-state index contributed by atoms with van der Waals surface area (Å²) in [4.78, 5) is 0. The summed E-state index contributed by atoms with van der Waals surface area (Å²) in [5.74, 6) is 0.676. The van der Waals surface area contributed by atoms with Crippen molar-refractivity contribution >= 4 is 0 Å². The maximum Gasteiger partial charge on any atom is 0.123 e. The molecule has 0 amide bonds. The third kappa shape index (κ3) is 4.26. The molecular weight excluding hydrogens is 277 g/mol. The van der Waals surface area contributed by atoms with E-state index >= 15 is 0 Å². The third-order valence-electron chi connectivity index (χ3n) is 4.14. The zero-order valence-electron chi connectivity index (χ0n) is 14.5. The molecule has 0 spiro atoms. The second kappa shape index (κ2) is 7.34. The van der Waals surface area contributed by atoms with Crippen molar-refractivity contribution in [2.24, 2.45) is 17.4 Å². The fraction of sp³-hybridized carbons (Fsp3) is 0.444. The Morgan fingerprint density at radius 3 is 2.05 bits per heavy atom. The van der Waals surface area contributed by atoms with Gasteiger partial charge in [-0.05, 0) is 73.6 Å². The van der Waals surface area contributed by atoms with E-state index in [0.717, 1.165) is 33.5 Å². The van der Waals surface area contributed by atoms with Crippen LogP contribution in [0.4, 0.5) is 4.39 Å². The van der Waals surface area contributed by atoms with Crippen molar-refractivity contribution in [3.05, 3.63) is 57.3 Å². The molecule has 0 atom stereocenters. The van der Waals surface area contributed by atoms with Crippen LogP contribution < -0.4 is 16.8 Å². The number of rotatable bonds is 5. The van der Waals surface area contributed by atoms with Crippen molar-refractivity contribution in [2.45, 2.75) is 48.1 Å². The highest BCUT2D eigenvalue weighted by Crippen LogP contribution is 2.19. The first-order valence-corrected chi connectivity index (χ1v) is 7.57. The smallest absolute Gasteiger partial charge is 0.123 e. The van der Waals surface area contributed by atoms with E-state index in [0.29, 0.717) is 12.4 Å². The first-order valence-electron chi connectivity index (χ1n) is 7.57. The standard InChI is InChI=1S/C18H28FN3/c1-10(2)17(20)13(5)14(6)18(21)22-9-16-11(3)7-15(19)8-12(16)4/h7-8,10,22H,9,20-21H2,1-6H3/b17-13-,18-14+. The monoisotopic (exact) mass is 305 g/mol. The average Bonchev–Trinajstić information content (AvgIpc) is 2.43. The Kier molecular flexibility index (Phi) is 6.03. The van der Waals surface area contributed by atoms with Gasteiger partial charge in [-0.15, -0.1) is 0 Å². The highest BCUT2D eigenvalue weighted by atomic mass is 19.1. The third-order valence-corrected chi connectivity index (χ3v) is 4.14. The topological polar surface area (TPSA) is 64.1 Å². The fourth-order valence-corrected chi connectivity index (χ4v) is 2.39. The molecule has 5 N–H and O–H groups in total. The molecule has 0 radical (unpaired) electrons. The fourth-order valence-electron chi connectivity index (χ4n) is 2.39. The molecule has 1 rings (SSSR count). The lowest BCUT2D eigenvalue weighted by Gasteiger charge is -2.17. The number of nitrogens with one attached hydrogen (secondary N) is 1. The van der Waals surface area contributed by atoms with E-state index in [-0.39, 0.29) is 11.7 Å². The van der Waals surface area contributed by atoms with Crippen LogP contribution in [0.2, 0.25) is 0 Å². The van der Waals surface area contributed by atoms with Crippen LogP contribution in [0.5, 0.6) is 0 Å². The number of halogens is 1. The molecule has 0 aliphatic carbocycles. The molecule has 22 heavy (non-hydrogen) atoms. The van der Waals surface area contributed by atoms with Crippen molar-refractivity contribution in [1.29, 1.82) is 0 Å². The zero-order chi connectivity index (χ0) is 17.0. The Hall–Kier alpha value is -1.97. The van der Waals surface area contributed by atoms with Crippen LogP contribution >= 0.6 is 0 Å². The second-order valence-corrected chi connectivity index (χ2v) is 6.15. The SMILES string of the molecule is CC(=C(/N)C(C)C)/C(C)=C(\N)NCc1c(C)cc(F)cc1C. The van der Waals surface area contributed by atoms with Crippen molar-refractivity contribution in [2.75, 3.05) is 0 Å². The van der Waals surface area contributed by atoms with Gasteiger partial charge in [0.05, 0.1) is 5.82 Å². The molecule has 4 heteroatoms. The molecule has 0 aliphatic heterocycles. The molecule has 122 valence electrons.